The molecule has 0 aliphatic carbocycles. The van der Waals surface area contributed by atoms with E-state index in [0.717, 1.165) is 5.56 Å². The number of amides is 1. The van der Waals surface area contributed by atoms with Gasteiger partial charge in [0.25, 0.3) is 5.91 Å². The molecular weight excluding hydrogens is 276 g/mol. The van der Waals surface area contributed by atoms with Crippen LogP contribution in [0, 0.1) is 6.92 Å². The number of benzene rings is 2. The second-order valence-electron chi connectivity index (χ2n) is 5.69. The summed E-state index contributed by atoms with van der Waals surface area (Å²) in [4.78, 5) is 26.9. The van der Waals surface area contributed by atoms with E-state index in [-0.39, 0.29) is 17.7 Å². The van der Waals surface area contributed by atoms with Gasteiger partial charge in [-0.25, -0.2) is 0 Å². The van der Waals surface area contributed by atoms with Gasteiger partial charge in [-0.05, 0) is 38.1 Å². The smallest absolute Gasteiger partial charge is 0.258 e. The normalized spacial score (nSPS) is 20.7. The molecule has 1 heterocycles. The summed E-state index contributed by atoms with van der Waals surface area (Å²) in [6.45, 7) is 3.73. The molecular formula is C18H18N2O2. The highest BCUT2D eigenvalue weighted by molar-refractivity contribution is 6.15. The third kappa shape index (κ3) is 2.22. The minimum atomic E-state index is -0.707. The van der Waals surface area contributed by atoms with Gasteiger partial charge in [0.2, 0.25) is 0 Å². The number of hydrogen-bond donors (Lipinski definition) is 1. The zero-order valence-electron chi connectivity index (χ0n) is 12.6. The van der Waals surface area contributed by atoms with E-state index in [1.807, 2.05) is 44.2 Å². The number of hydrogen-bond acceptors (Lipinski definition) is 3. The number of Topliss-reactive ketones (excluding diaryl/α,β-unsaturated/α-hetero) is 1. The molecule has 0 fully saturated rings. The molecule has 22 heavy (non-hydrogen) atoms. The minimum absolute atomic E-state index is 0.108. The van der Waals surface area contributed by atoms with Crippen LogP contribution in [0.4, 0.5) is 5.69 Å². The quantitative estimate of drug-likeness (QED) is 0.879. The highest BCUT2D eigenvalue weighted by atomic mass is 16.2. The highest BCUT2D eigenvalue weighted by Crippen LogP contribution is 2.32. The molecule has 2 N–H and O–H groups in total. The zero-order chi connectivity index (χ0) is 15.9. The molecule has 2 atom stereocenters. The molecule has 0 saturated carbocycles. The molecule has 0 aromatic heterocycles. The van der Waals surface area contributed by atoms with Crippen LogP contribution in [0.1, 0.15) is 33.2 Å². The number of carbonyl (C=O) groups excluding carboxylic acids is 2. The second kappa shape index (κ2) is 5.39. The Balaban J connectivity index is 2.13. The van der Waals surface area contributed by atoms with E-state index in [2.05, 4.69) is 0 Å². The van der Waals surface area contributed by atoms with E-state index in [4.69, 9.17) is 5.73 Å². The molecule has 112 valence electrons. The predicted octanol–water partition coefficient (Wildman–Crippen LogP) is 2.55. The van der Waals surface area contributed by atoms with Gasteiger partial charge in [0.05, 0.1) is 17.8 Å². The summed E-state index contributed by atoms with van der Waals surface area (Å²) in [5, 5.41) is 0. The third-order valence-electron chi connectivity index (χ3n) is 4.15. The van der Waals surface area contributed by atoms with E-state index in [1.54, 1.807) is 23.1 Å². The van der Waals surface area contributed by atoms with Crippen LogP contribution < -0.4 is 10.6 Å². The molecule has 1 unspecified atom stereocenters. The van der Waals surface area contributed by atoms with Gasteiger partial charge in [0.15, 0.2) is 5.78 Å². The molecule has 0 spiro atoms. The van der Waals surface area contributed by atoms with Crippen LogP contribution in [-0.4, -0.2) is 23.8 Å². The second-order valence-corrected chi connectivity index (χ2v) is 5.69. The first-order chi connectivity index (χ1) is 10.5. The lowest BCUT2D eigenvalue weighted by Crippen LogP contribution is -2.56. The summed E-state index contributed by atoms with van der Waals surface area (Å²) in [6, 6.07) is 13.5. The fourth-order valence-corrected chi connectivity index (χ4v) is 2.85. The van der Waals surface area contributed by atoms with Gasteiger partial charge in [0.1, 0.15) is 0 Å². The Morgan fingerprint density at radius 3 is 2.50 bits per heavy atom. The molecule has 3 rings (SSSR count). The van der Waals surface area contributed by atoms with Gasteiger partial charge in [-0.15, -0.1) is 0 Å². The number of nitrogens with two attached hydrogens (primary N) is 1. The molecule has 1 amide bonds. The Kier molecular flexibility index (Phi) is 3.54. The topological polar surface area (TPSA) is 63.4 Å². The number of nitrogens with zero attached hydrogens (tertiary/aromatic N) is 1. The van der Waals surface area contributed by atoms with Gasteiger partial charge in [-0.1, -0.05) is 29.8 Å². The molecule has 1 aliphatic rings. The van der Waals surface area contributed by atoms with Gasteiger partial charge in [-0.3, -0.25) is 9.59 Å². The van der Waals surface area contributed by atoms with Gasteiger partial charge in [0, 0.05) is 11.1 Å². The maximum Gasteiger partial charge on any atom is 0.258 e. The van der Waals surface area contributed by atoms with Crippen LogP contribution in [0.25, 0.3) is 0 Å². The summed E-state index contributed by atoms with van der Waals surface area (Å²) in [6.07, 6.45) is 0. The van der Waals surface area contributed by atoms with Crippen LogP contribution in [0.15, 0.2) is 48.5 Å². The average molecular weight is 294 g/mol. The Morgan fingerprint density at radius 2 is 1.82 bits per heavy atom. The zero-order valence-corrected chi connectivity index (χ0v) is 12.6. The maximum absolute atomic E-state index is 12.9. The first-order valence-electron chi connectivity index (χ1n) is 7.30. The van der Waals surface area contributed by atoms with E-state index < -0.39 is 6.04 Å². The van der Waals surface area contributed by atoms with Gasteiger partial charge >= 0.3 is 0 Å². The van der Waals surface area contributed by atoms with E-state index in [9.17, 15) is 9.59 Å². The standard InChI is InChI=1S/C18H18N2O2/c1-11-8-9-15-14(10-11)17(21)16(19)12(2)20(15)18(22)13-6-4-3-5-7-13/h3-10,12,16H,19H2,1-2H3/t12?,16-/m1/s1. The molecule has 2 aromatic rings. The Morgan fingerprint density at radius 1 is 1.14 bits per heavy atom. The van der Waals surface area contributed by atoms with E-state index in [0.29, 0.717) is 16.8 Å². The molecule has 1 aliphatic heterocycles. The first-order valence-corrected chi connectivity index (χ1v) is 7.30. The van der Waals surface area contributed by atoms with Crippen molar-refractivity contribution in [2.24, 2.45) is 5.73 Å². The summed E-state index contributed by atoms with van der Waals surface area (Å²) in [5.74, 6) is -0.246. The maximum atomic E-state index is 12.9. The van der Waals surface area contributed by atoms with Crippen molar-refractivity contribution in [3.63, 3.8) is 0 Å². The Bertz CT molecular complexity index is 740. The molecule has 2 aromatic carbocycles. The number of fused-ring (bicyclic) bond motifs is 1. The highest BCUT2D eigenvalue weighted by Gasteiger charge is 2.38. The SMILES string of the molecule is Cc1ccc2c(c1)C(=O)[C@H](N)C(C)N2C(=O)c1ccccc1. The van der Waals surface area contributed by atoms with Crippen molar-refractivity contribution in [2.45, 2.75) is 25.9 Å². The summed E-state index contributed by atoms with van der Waals surface area (Å²) < 4.78 is 0. The number of carbonyl (C=O) groups is 2. The van der Waals surface area contributed by atoms with Crippen molar-refractivity contribution in [3.05, 3.63) is 65.2 Å². The lowest BCUT2D eigenvalue weighted by molar-refractivity contribution is 0.0914. The first kappa shape index (κ1) is 14.5. The van der Waals surface area contributed by atoms with Crippen LogP contribution in [0.3, 0.4) is 0 Å². The Labute approximate surface area is 129 Å². The van der Waals surface area contributed by atoms with Crippen LogP contribution in [0.5, 0.6) is 0 Å². The largest absolute Gasteiger partial charge is 0.319 e. The van der Waals surface area contributed by atoms with Crippen molar-refractivity contribution >= 4 is 17.4 Å². The molecule has 4 heteroatoms. The lowest BCUT2D eigenvalue weighted by Gasteiger charge is -2.38. The number of ketones is 1. The molecule has 0 saturated heterocycles. The summed E-state index contributed by atoms with van der Waals surface area (Å²) in [5.41, 5.74) is 8.77. The number of anilines is 1. The molecule has 4 nitrogen and oxygen atoms in total. The number of rotatable bonds is 1. The Hall–Kier alpha value is -2.46. The monoisotopic (exact) mass is 294 g/mol. The third-order valence-corrected chi connectivity index (χ3v) is 4.15. The van der Waals surface area contributed by atoms with E-state index in [1.165, 1.54) is 0 Å². The van der Waals surface area contributed by atoms with Crippen molar-refractivity contribution < 1.29 is 9.59 Å². The van der Waals surface area contributed by atoms with Crippen LogP contribution >= 0.6 is 0 Å². The summed E-state index contributed by atoms with van der Waals surface area (Å²) >= 11 is 0. The van der Waals surface area contributed by atoms with Crippen molar-refractivity contribution in [1.29, 1.82) is 0 Å². The van der Waals surface area contributed by atoms with Crippen molar-refractivity contribution in [2.75, 3.05) is 4.90 Å². The van der Waals surface area contributed by atoms with E-state index >= 15 is 0 Å². The fraction of sp³-hybridized carbons (Fsp3) is 0.222. The molecule has 0 radical (unpaired) electrons. The molecule has 0 bridgehead atoms. The van der Waals surface area contributed by atoms with Gasteiger partial charge < -0.3 is 10.6 Å². The van der Waals surface area contributed by atoms with Gasteiger partial charge in [-0.2, -0.15) is 0 Å². The van der Waals surface area contributed by atoms with Crippen molar-refractivity contribution in [3.8, 4) is 0 Å². The average Bonchev–Trinajstić information content (AvgIpc) is 2.54. The fourth-order valence-electron chi connectivity index (χ4n) is 2.85. The summed E-state index contributed by atoms with van der Waals surface area (Å²) in [7, 11) is 0. The minimum Gasteiger partial charge on any atom is -0.319 e. The lowest BCUT2D eigenvalue weighted by atomic mass is 9.89. The van der Waals surface area contributed by atoms with Crippen molar-refractivity contribution in [1.82, 2.24) is 0 Å². The predicted molar refractivity (Wildman–Crippen MR) is 86.2 cm³/mol. The van der Waals surface area contributed by atoms with Crippen LogP contribution in [0.2, 0.25) is 0 Å². The van der Waals surface area contributed by atoms with Crippen LogP contribution in [-0.2, 0) is 0 Å². The number of aryl methyl sites for hydroxylation is 1.